The smallest absolute Gasteiger partial charge is 0.191 e. The van der Waals surface area contributed by atoms with Gasteiger partial charge in [0.15, 0.2) is 11.0 Å². The average molecular weight is 269 g/mol. The van der Waals surface area contributed by atoms with E-state index < -0.39 is 0 Å². The highest BCUT2D eigenvalue weighted by molar-refractivity contribution is 6.82. The van der Waals surface area contributed by atoms with Crippen molar-refractivity contribution in [1.82, 2.24) is 0 Å². The minimum Gasteiger partial charge on any atom is -0.488 e. The van der Waals surface area contributed by atoms with Gasteiger partial charge in [-0.05, 0) is 45.0 Å². The number of Topliss-reactive ketones (excluding diaryl/α,β-unsaturated/α-hetero) is 1. The Morgan fingerprint density at radius 1 is 1.28 bits per heavy atom. The van der Waals surface area contributed by atoms with Gasteiger partial charge in [0.2, 0.25) is 0 Å². The molecular formula is C13H17ClN2O2. The summed E-state index contributed by atoms with van der Waals surface area (Å²) in [6, 6.07) is 7.25. The maximum absolute atomic E-state index is 10.9. The third-order valence-electron chi connectivity index (χ3n) is 1.85. The number of ether oxygens (including phenoxy) is 1. The second-order valence-electron chi connectivity index (χ2n) is 4.81. The molecule has 0 aromatic heterocycles. The third kappa shape index (κ3) is 5.19. The van der Waals surface area contributed by atoms with Crippen LogP contribution in [0.5, 0.6) is 5.75 Å². The maximum atomic E-state index is 10.9. The van der Waals surface area contributed by atoms with Gasteiger partial charge in [-0.1, -0.05) is 11.6 Å². The van der Waals surface area contributed by atoms with E-state index in [4.69, 9.17) is 16.3 Å². The van der Waals surface area contributed by atoms with Crippen molar-refractivity contribution in [2.45, 2.75) is 33.3 Å². The summed E-state index contributed by atoms with van der Waals surface area (Å²) in [5, 5.41) is 3.66. The minimum absolute atomic E-state index is 0.0787. The first-order valence-electron chi connectivity index (χ1n) is 5.57. The fraction of sp³-hybridized carbons (Fsp3) is 0.385. The highest BCUT2D eigenvalue weighted by atomic mass is 35.5. The summed E-state index contributed by atoms with van der Waals surface area (Å²) in [4.78, 5) is 10.9. The van der Waals surface area contributed by atoms with Gasteiger partial charge in [0.1, 0.15) is 11.4 Å². The van der Waals surface area contributed by atoms with Crippen molar-refractivity contribution in [2.75, 3.05) is 5.43 Å². The van der Waals surface area contributed by atoms with Crippen LogP contribution in [0.3, 0.4) is 0 Å². The summed E-state index contributed by atoms with van der Waals surface area (Å²) in [5.41, 5.74) is 3.20. The summed E-state index contributed by atoms with van der Waals surface area (Å²) in [7, 11) is 0. The zero-order valence-corrected chi connectivity index (χ0v) is 11.7. The lowest BCUT2D eigenvalue weighted by Crippen LogP contribution is -2.22. The van der Waals surface area contributed by atoms with Gasteiger partial charge in [-0.15, -0.1) is 0 Å². The van der Waals surface area contributed by atoms with Crippen LogP contribution in [0, 0.1) is 0 Å². The van der Waals surface area contributed by atoms with Crippen LogP contribution in [-0.4, -0.2) is 16.6 Å². The van der Waals surface area contributed by atoms with Gasteiger partial charge in [0.25, 0.3) is 0 Å². The molecule has 0 spiro atoms. The topological polar surface area (TPSA) is 50.7 Å². The standard InChI is InChI=1S/C13H17ClN2O2/c1-9(17)12(14)16-15-10-5-7-11(8-6-10)18-13(2,3)4/h5-8,15H,1-4H3/b16-12+. The molecular weight excluding hydrogens is 252 g/mol. The number of halogens is 1. The van der Waals surface area contributed by atoms with E-state index in [9.17, 15) is 4.79 Å². The predicted octanol–water partition coefficient (Wildman–Crippen LogP) is 3.42. The van der Waals surface area contributed by atoms with Gasteiger partial charge < -0.3 is 4.74 Å². The van der Waals surface area contributed by atoms with Gasteiger partial charge >= 0.3 is 0 Å². The van der Waals surface area contributed by atoms with Gasteiger partial charge in [0, 0.05) is 6.92 Å². The van der Waals surface area contributed by atoms with Crippen molar-refractivity contribution in [3.8, 4) is 5.75 Å². The molecule has 1 rings (SSSR count). The molecule has 18 heavy (non-hydrogen) atoms. The first-order valence-corrected chi connectivity index (χ1v) is 5.95. The summed E-state index contributed by atoms with van der Waals surface area (Å²) in [6.45, 7) is 7.30. The van der Waals surface area contributed by atoms with Crippen LogP contribution in [-0.2, 0) is 4.79 Å². The number of nitrogens with zero attached hydrogens (tertiary/aromatic N) is 1. The monoisotopic (exact) mass is 268 g/mol. The van der Waals surface area contributed by atoms with Crippen LogP contribution >= 0.6 is 11.6 Å². The van der Waals surface area contributed by atoms with E-state index in [-0.39, 0.29) is 16.6 Å². The summed E-state index contributed by atoms with van der Waals surface area (Å²) in [6.07, 6.45) is 0. The first kappa shape index (κ1) is 14.5. The van der Waals surface area contributed by atoms with E-state index in [1.165, 1.54) is 6.92 Å². The molecule has 0 atom stereocenters. The zero-order valence-electron chi connectivity index (χ0n) is 11.0. The molecule has 0 unspecified atom stereocenters. The van der Waals surface area contributed by atoms with Gasteiger partial charge in [0.05, 0.1) is 5.69 Å². The Morgan fingerprint density at radius 2 is 1.83 bits per heavy atom. The molecule has 98 valence electrons. The molecule has 4 nitrogen and oxygen atoms in total. The number of ketones is 1. The Balaban J connectivity index is 2.66. The van der Waals surface area contributed by atoms with Crippen molar-refractivity contribution >= 4 is 28.2 Å². The van der Waals surface area contributed by atoms with E-state index in [0.29, 0.717) is 0 Å². The molecule has 0 bridgehead atoms. The summed E-state index contributed by atoms with van der Waals surface area (Å²) in [5.74, 6) is 0.492. The van der Waals surface area contributed by atoms with Crippen molar-refractivity contribution in [1.29, 1.82) is 0 Å². The molecule has 1 aromatic rings. The van der Waals surface area contributed by atoms with Crippen molar-refractivity contribution in [3.05, 3.63) is 24.3 Å². The largest absolute Gasteiger partial charge is 0.488 e. The molecule has 0 aliphatic rings. The predicted molar refractivity (Wildman–Crippen MR) is 74.4 cm³/mol. The van der Waals surface area contributed by atoms with Gasteiger partial charge in [-0.2, -0.15) is 5.10 Å². The molecule has 1 N–H and O–H groups in total. The molecule has 0 heterocycles. The number of anilines is 1. The molecule has 5 heteroatoms. The lowest BCUT2D eigenvalue weighted by atomic mass is 10.2. The number of carbonyl (C=O) groups is 1. The number of benzene rings is 1. The Kier molecular flexibility index (Phi) is 4.73. The first-order chi connectivity index (χ1) is 8.28. The Bertz CT molecular complexity index is 447. The molecule has 0 amide bonds. The number of carbonyl (C=O) groups excluding carboxylic acids is 1. The van der Waals surface area contributed by atoms with Crippen molar-refractivity contribution in [2.24, 2.45) is 5.10 Å². The second-order valence-corrected chi connectivity index (χ2v) is 5.17. The zero-order chi connectivity index (χ0) is 13.8. The number of hydrogen-bond donors (Lipinski definition) is 1. The molecule has 0 aliphatic heterocycles. The van der Waals surface area contributed by atoms with Crippen LogP contribution in [0.1, 0.15) is 27.7 Å². The Morgan fingerprint density at radius 3 is 2.28 bits per heavy atom. The minimum atomic E-state index is -0.281. The molecule has 0 fully saturated rings. The third-order valence-corrected chi connectivity index (χ3v) is 2.20. The molecule has 1 aromatic carbocycles. The van der Waals surface area contributed by atoms with E-state index in [0.717, 1.165) is 11.4 Å². The van der Waals surface area contributed by atoms with E-state index >= 15 is 0 Å². The quantitative estimate of drug-likeness (QED) is 0.672. The van der Waals surface area contributed by atoms with Crippen LogP contribution < -0.4 is 10.2 Å². The SMILES string of the molecule is CC(=O)/C(Cl)=N\Nc1ccc(OC(C)(C)C)cc1. The van der Waals surface area contributed by atoms with Gasteiger partial charge in [-0.3, -0.25) is 10.2 Å². The Hall–Kier alpha value is -1.55. The van der Waals surface area contributed by atoms with Crippen LogP contribution in [0.15, 0.2) is 29.4 Å². The number of hydrogen-bond acceptors (Lipinski definition) is 4. The van der Waals surface area contributed by atoms with Gasteiger partial charge in [-0.25, -0.2) is 0 Å². The normalized spacial score (nSPS) is 12.2. The summed E-state index contributed by atoms with van der Waals surface area (Å²) >= 11 is 5.60. The van der Waals surface area contributed by atoms with Crippen molar-refractivity contribution < 1.29 is 9.53 Å². The van der Waals surface area contributed by atoms with E-state index in [1.54, 1.807) is 12.1 Å². The molecule has 0 saturated heterocycles. The molecule has 0 aliphatic carbocycles. The lowest BCUT2D eigenvalue weighted by Gasteiger charge is -2.21. The van der Waals surface area contributed by atoms with Crippen LogP contribution in [0.4, 0.5) is 5.69 Å². The number of nitrogens with one attached hydrogen (secondary N) is 1. The molecule has 0 saturated carbocycles. The highest BCUT2D eigenvalue weighted by Crippen LogP contribution is 2.20. The lowest BCUT2D eigenvalue weighted by molar-refractivity contribution is -0.110. The summed E-state index contributed by atoms with van der Waals surface area (Å²) < 4.78 is 5.68. The highest BCUT2D eigenvalue weighted by Gasteiger charge is 2.11. The number of rotatable bonds is 4. The number of hydrazone groups is 1. The van der Waals surface area contributed by atoms with Crippen LogP contribution in [0.2, 0.25) is 0 Å². The van der Waals surface area contributed by atoms with E-state index in [1.807, 2.05) is 32.9 Å². The fourth-order valence-corrected chi connectivity index (χ4v) is 1.19. The maximum Gasteiger partial charge on any atom is 0.191 e. The van der Waals surface area contributed by atoms with Crippen LogP contribution in [0.25, 0.3) is 0 Å². The molecule has 0 radical (unpaired) electrons. The van der Waals surface area contributed by atoms with E-state index in [2.05, 4.69) is 10.5 Å². The average Bonchev–Trinajstić information content (AvgIpc) is 2.25. The fourth-order valence-electron chi connectivity index (χ4n) is 1.14. The van der Waals surface area contributed by atoms with Crippen molar-refractivity contribution in [3.63, 3.8) is 0 Å². The second kappa shape index (κ2) is 5.87. The Labute approximate surface area is 112 Å².